The van der Waals surface area contributed by atoms with Gasteiger partial charge in [0, 0.05) is 6.20 Å². The van der Waals surface area contributed by atoms with Gasteiger partial charge in [-0.2, -0.15) is 0 Å². The van der Waals surface area contributed by atoms with Crippen LogP contribution in [0.4, 0.5) is 0 Å². The maximum Gasteiger partial charge on any atom is 0.273 e. The average molecular weight is 226 g/mol. The molecule has 1 heterocycles. The van der Waals surface area contributed by atoms with Crippen molar-refractivity contribution in [2.75, 3.05) is 7.11 Å². The van der Waals surface area contributed by atoms with E-state index in [1.807, 2.05) is 0 Å². The minimum atomic E-state index is -0.401. The lowest BCUT2D eigenvalue weighted by Gasteiger charge is -2.08. The molecule has 0 atom stereocenters. The van der Waals surface area contributed by atoms with Crippen molar-refractivity contribution in [3.8, 4) is 5.75 Å². The summed E-state index contributed by atoms with van der Waals surface area (Å²) in [6, 6.07) is 1.52. The Morgan fingerprint density at radius 1 is 1.60 bits per heavy atom. The third-order valence-corrected chi connectivity index (χ3v) is 1.65. The van der Waals surface area contributed by atoms with Crippen molar-refractivity contribution in [2.45, 2.75) is 0 Å². The van der Waals surface area contributed by atoms with Crippen LogP contribution in [0.3, 0.4) is 0 Å². The molecular weight excluding hydrogens is 216 g/mol. The molecule has 7 heteroatoms. The first-order chi connectivity index (χ1) is 7.15. The number of aromatic nitrogens is 1. The molecule has 15 heavy (non-hydrogen) atoms. The molecule has 1 rings (SSSR count). The summed E-state index contributed by atoms with van der Waals surface area (Å²) in [6.45, 7) is 0. The van der Waals surface area contributed by atoms with E-state index in [1.54, 1.807) is 0 Å². The number of hydrogen-bond donors (Lipinski definition) is 3. The number of ether oxygens (including phenoxy) is 1. The fraction of sp³-hybridized carbons (Fsp3) is 0.125. The van der Waals surface area contributed by atoms with Crippen LogP contribution < -0.4 is 21.3 Å². The van der Waals surface area contributed by atoms with Crippen LogP contribution in [-0.4, -0.2) is 23.1 Å². The second-order valence-electron chi connectivity index (χ2n) is 2.52. The van der Waals surface area contributed by atoms with Crippen LogP contribution in [0.15, 0.2) is 18.5 Å². The van der Waals surface area contributed by atoms with E-state index in [1.165, 1.54) is 25.6 Å². The van der Waals surface area contributed by atoms with E-state index in [0.29, 0.717) is 11.3 Å². The van der Waals surface area contributed by atoms with Gasteiger partial charge in [0.15, 0.2) is 5.11 Å². The number of hydrazine groups is 1. The van der Waals surface area contributed by atoms with Crippen LogP contribution >= 0.6 is 12.2 Å². The number of carbonyl (C=O) groups is 1. The fourth-order valence-electron chi connectivity index (χ4n) is 0.916. The number of carbonyl (C=O) groups excluding carboxylic acids is 1. The zero-order valence-electron chi connectivity index (χ0n) is 7.98. The third-order valence-electron chi connectivity index (χ3n) is 1.55. The van der Waals surface area contributed by atoms with Gasteiger partial charge in [0.2, 0.25) is 0 Å². The second-order valence-corrected chi connectivity index (χ2v) is 2.96. The standard InChI is InChI=1S/C8H10N4O2S/c1-14-6-4-10-3-2-5(6)7(13)11-12-8(9)15/h2-4H,1H3,(H,11,13)(H3,9,12,15). The molecule has 0 radical (unpaired) electrons. The van der Waals surface area contributed by atoms with Gasteiger partial charge >= 0.3 is 0 Å². The van der Waals surface area contributed by atoms with Crippen molar-refractivity contribution < 1.29 is 9.53 Å². The molecular formula is C8H10N4O2S. The Morgan fingerprint density at radius 3 is 2.93 bits per heavy atom. The first kappa shape index (κ1) is 11.2. The molecule has 0 aliphatic heterocycles. The van der Waals surface area contributed by atoms with Crippen LogP contribution in [0.25, 0.3) is 0 Å². The first-order valence-corrected chi connectivity index (χ1v) is 4.39. The number of nitrogens with one attached hydrogen (secondary N) is 2. The zero-order valence-corrected chi connectivity index (χ0v) is 8.80. The summed E-state index contributed by atoms with van der Waals surface area (Å²) in [5.74, 6) is -0.0261. The van der Waals surface area contributed by atoms with E-state index in [4.69, 9.17) is 10.5 Å². The molecule has 0 unspecified atom stereocenters. The van der Waals surface area contributed by atoms with Gasteiger partial charge in [0.1, 0.15) is 5.75 Å². The van der Waals surface area contributed by atoms with E-state index in [-0.39, 0.29) is 5.11 Å². The van der Waals surface area contributed by atoms with Gasteiger partial charge in [0.05, 0.1) is 18.9 Å². The largest absolute Gasteiger partial charge is 0.494 e. The Kier molecular flexibility index (Phi) is 3.81. The SMILES string of the molecule is COc1cnccc1C(=O)NNC(N)=S. The highest BCUT2D eigenvalue weighted by Gasteiger charge is 2.11. The van der Waals surface area contributed by atoms with Crippen LogP contribution in [0.2, 0.25) is 0 Å². The first-order valence-electron chi connectivity index (χ1n) is 3.99. The minimum absolute atomic E-state index is 0.0172. The molecule has 0 aliphatic carbocycles. The second kappa shape index (κ2) is 5.11. The Hall–Kier alpha value is -1.89. The summed E-state index contributed by atoms with van der Waals surface area (Å²) in [5, 5.41) is -0.0172. The number of methoxy groups -OCH3 is 1. The van der Waals surface area contributed by atoms with Crippen molar-refractivity contribution in [1.82, 2.24) is 15.8 Å². The molecule has 0 spiro atoms. The molecule has 6 nitrogen and oxygen atoms in total. The summed E-state index contributed by atoms with van der Waals surface area (Å²) in [7, 11) is 1.45. The molecule has 4 N–H and O–H groups in total. The summed E-state index contributed by atoms with van der Waals surface area (Å²) in [5.41, 5.74) is 10.1. The zero-order chi connectivity index (χ0) is 11.3. The van der Waals surface area contributed by atoms with Crippen LogP contribution in [-0.2, 0) is 0 Å². The third kappa shape index (κ3) is 3.06. The molecule has 1 amide bonds. The lowest BCUT2D eigenvalue weighted by atomic mass is 10.2. The van der Waals surface area contributed by atoms with Crippen molar-refractivity contribution >= 4 is 23.2 Å². The Balaban J connectivity index is 2.77. The van der Waals surface area contributed by atoms with Gasteiger partial charge in [-0.15, -0.1) is 0 Å². The molecule has 0 saturated heterocycles. The van der Waals surface area contributed by atoms with E-state index < -0.39 is 5.91 Å². The monoisotopic (exact) mass is 226 g/mol. The summed E-state index contributed by atoms with van der Waals surface area (Å²) >= 11 is 4.53. The van der Waals surface area contributed by atoms with Gasteiger partial charge in [0.25, 0.3) is 5.91 Å². The summed E-state index contributed by atoms with van der Waals surface area (Å²) in [6.07, 6.45) is 2.92. The smallest absolute Gasteiger partial charge is 0.273 e. The number of thiocarbonyl (C=S) groups is 1. The average Bonchev–Trinajstić information content (AvgIpc) is 2.25. The summed E-state index contributed by atoms with van der Waals surface area (Å²) < 4.78 is 4.96. The highest BCUT2D eigenvalue weighted by Crippen LogP contribution is 2.14. The molecule has 1 aromatic rings. The molecule has 0 aliphatic rings. The topological polar surface area (TPSA) is 89.3 Å². The number of amides is 1. The van der Waals surface area contributed by atoms with Crippen LogP contribution in [0.1, 0.15) is 10.4 Å². The van der Waals surface area contributed by atoms with E-state index in [9.17, 15) is 4.79 Å². The van der Waals surface area contributed by atoms with E-state index >= 15 is 0 Å². The molecule has 0 bridgehead atoms. The predicted molar refractivity (Wildman–Crippen MR) is 58.2 cm³/mol. The number of rotatable bonds is 2. The van der Waals surface area contributed by atoms with Crippen LogP contribution in [0.5, 0.6) is 5.75 Å². The molecule has 80 valence electrons. The fourth-order valence-corrected chi connectivity index (χ4v) is 0.967. The predicted octanol–water partition coefficient (Wildman–Crippen LogP) is -0.432. The number of hydrogen-bond acceptors (Lipinski definition) is 4. The van der Waals surface area contributed by atoms with E-state index in [2.05, 4.69) is 28.1 Å². The van der Waals surface area contributed by atoms with Gasteiger partial charge < -0.3 is 10.5 Å². The van der Waals surface area contributed by atoms with E-state index in [0.717, 1.165) is 0 Å². The van der Waals surface area contributed by atoms with Crippen molar-refractivity contribution in [3.05, 3.63) is 24.0 Å². The molecule has 1 aromatic heterocycles. The number of nitrogens with two attached hydrogens (primary N) is 1. The number of pyridine rings is 1. The quantitative estimate of drug-likeness (QED) is 0.468. The highest BCUT2D eigenvalue weighted by atomic mass is 32.1. The molecule has 0 saturated carbocycles. The van der Waals surface area contributed by atoms with Gasteiger partial charge in [-0.1, -0.05) is 0 Å². The maximum absolute atomic E-state index is 11.5. The minimum Gasteiger partial charge on any atom is -0.494 e. The Labute approximate surface area is 91.8 Å². The molecule has 0 fully saturated rings. The van der Waals surface area contributed by atoms with Crippen molar-refractivity contribution in [3.63, 3.8) is 0 Å². The lowest BCUT2D eigenvalue weighted by Crippen LogP contribution is -2.44. The van der Waals surface area contributed by atoms with Gasteiger partial charge in [-0.05, 0) is 18.3 Å². The normalized spacial score (nSPS) is 9.13. The maximum atomic E-state index is 11.5. The lowest BCUT2D eigenvalue weighted by molar-refractivity contribution is 0.0941. The van der Waals surface area contributed by atoms with Gasteiger partial charge in [-0.25, -0.2) is 0 Å². The highest BCUT2D eigenvalue weighted by molar-refractivity contribution is 7.80. The summed E-state index contributed by atoms with van der Waals surface area (Å²) in [4.78, 5) is 15.4. The van der Waals surface area contributed by atoms with Crippen molar-refractivity contribution in [1.29, 1.82) is 0 Å². The van der Waals surface area contributed by atoms with Crippen molar-refractivity contribution in [2.24, 2.45) is 5.73 Å². The van der Waals surface area contributed by atoms with Crippen LogP contribution in [0, 0.1) is 0 Å². The molecule has 0 aromatic carbocycles. The van der Waals surface area contributed by atoms with Gasteiger partial charge in [-0.3, -0.25) is 20.6 Å². The Morgan fingerprint density at radius 2 is 2.33 bits per heavy atom. The Bertz CT molecular complexity index is 383. The number of nitrogens with zero attached hydrogens (tertiary/aromatic N) is 1.